The van der Waals surface area contributed by atoms with Gasteiger partial charge in [0.2, 0.25) is 0 Å². The van der Waals surface area contributed by atoms with E-state index in [4.69, 9.17) is 9.47 Å². The molecule has 0 saturated heterocycles. The van der Waals surface area contributed by atoms with Crippen molar-refractivity contribution in [3.05, 3.63) is 0 Å². The predicted octanol–water partition coefficient (Wildman–Crippen LogP) is 12.4. The molecule has 0 heterocycles. The molecule has 0 aliphatic carbocycles. The lowest BCUT2D eigenvalue weighted by atomic mass is 10.0. The Kier molecular flexibility index (Phi) is 29.8. The molecule has 0 aromatic rings. The SMILES string of the molecule is CCC(O)(OC(=O)CCCCCCCCCCCCCCC(C)C)OC(=O)CCCCCCCCCCCCCCC(C)C. The number of unbranched alkanes of at least 4 members (excludes halogenated alkanes) is 22. The van der Waals surface area contributed by atoms with Crippen molar-refractivity contribution in [1.82, 2.24) is 0 Å². The van der Waals surface area contributed by atoms with E-state index in [2.05, 4.69) is 27.7 Å². The zero-order valence-electron chi connectivity index (χ0n) is 30.2. The molecule has 0 atom stereocenters. The standard InChI is InChI=1S/C39H76O5/c1-6-39(42,43-37(40)33-29-25-21-17-13-9-7-11-15-19-23-27-31-35(2)3)44-38(41)34-30-26-22-18-14-10-8-12-16-20-24-28-32-36(4)5/h35-36,42H,6-34H2,1-5H3. The van der Waals surface area contributed by atoms with E-state index in [9.17, 15) is 14.7 Å². The summed E-state index contributed by atoms with van der Waals surface area (Å²) in [6.45, 7) is 10.9. The fourth-order valence-electron chi connectivity index (χ4n) is 5.80. The lowest BCUT2D eigenvalue weighted by Crippen LogP contribution is -2.39. The zero-order chi connectivity index (χ0) is 32.7. The molecule has 0 saturated carbocycles. The second kappa shape index (κ2) is 30.5. The molecule has 0 radical (unpaired) electrons. The zero-order valence-corrected chi connectivity index (χ0v) is 30.2. The van der Waals surface area contributed by atoms with Crippen LogP contribution in [0.15, 0.2) is 0 Å². The summed E-state index contributed by atoms with van der Waals surface area (Å²) in [5.74, 6) is -1.47. The summed E-state index contributed by atoms with van der Waals surface area (Å²) >= 11 is 0. The van der Waals surface area contributed by atoms with Crippen LogP contribution >= 0.6 is 0 Å². The van der Waals surface area contributed by atoms with Crippen LogP contribution in [0.2, 0.25) is 0 Å². The minimum absolute atomic E-state index is 0.0281. The quantitative estimate of drug-likeness (QED) is 0.0447. The highest BCUT2D eigenvalue weighted by atomic mass is 16.8. The monoisotopic (exact) mass is 625 g/mol. The van der Waals surface area contributed by atoms with Gasteiger partial charge < -0.3 is 14.6 Å². The smallest absolute Gasteiger partial charge is 0.372 e. The highest BCUT2D eigenvalue weighted by Crippen LogP contribution is 2.20. The van der Waals surface area contributed by atoms with Gasteiger partial charge >= 0.3 is 17.9 Å². The third-order valence-electron chi connectivity index (χ3n) is 8.82. The van der Waals surface area contributed by atoms with Crippen LogP contribution in [0.3, 0.4) is 0 Å². The van der Waals surface area contributed by atoms with Crippen molar-refractivity contribution in [3.63, 3.8) is 0 Å². The molecule has 1 N–H and O–H groups in total. The Labute approximate surface area is 274 Å². The van der Waals surface area contributed by atoms with Crippen LogP contribution in [0, 0.1) is 11.8 Å². The number of rotatable bonds is 33. The Hall–Kier alpha value is -1.10. The van der Waals surface area contributed by atoms with Gasteiger partial charge in [0.05, 0.1) is 6.42 Å². The Morgan fingerprint density at radius 3 is 0.909 bits per heavy atom. The Bertz CT molecular complexity index is 594. The van der Waals surface area contributed by atoms with Crippen molar-refractivity contribution in [1.29, 1.82) is 0 Å². The largest absolute Gasteiger partial charge is 0.398 e. The maximum absolute atomic E-state index is 12.3. The van der Waals surface area contributed by atoms with Gasteiger partial charge in [-0.1, -0.05) is 189 Å². The van der Waals surface area contributed by atoms with Crippen LogP contribution in [0.1, 0.15) is 221 Å². The number of aliphatic hydroxyl groups is 1. The van der Waals surface area contributed by atoms with E-state index < -0.39 is 17.9 Å². The second-order valence-electron chi connectivity index (χ2n) is 14.4. The van der Waals surface area contributed by atoms with Crippen LogP contribution in [0.4, 0.5) is 0 Å². The molecule has 0 fully saturated rings. The maximum Gasteiger partial charge on any atom is 0.372 e. The second-order valence-corrected chi connectivity index (χ2v) is 14.4. The third-order valence-corrected chi connectivity index (χ3v) is 8.82. The lowest BCUT2D eigenvalue weighted by Gasteiger charge is -2.25. The summed E-state index contributed by atoms with van der Waals surface area (Å²) in [5.41, 5.74) is 0. The molecule has 0 aliphatic rings. The predicted molar refractivity (Wildman–Crippen MR) is 186 cm³/mol. The first-order chi connectivity index (χ1) is 21.2. The van der Waals surface area contributed by atoms with Gasteiger partial charge in [-0.25, -0.2) is 0 Å². The van der Waals surface area contributed by atoms with Gasteiger partial charge in [-0.2, -0.15) is 0 Å². The van der Waals surface area contributed by atoms with Crippen molar-refractivity contribution in [2.24, 2.45) is 11.8 Å². The molecule has 5 heteroatoms. The minimum atomic E-state index is -2.14. The molecule has 0 bridgehead atoms. The Morgan fingerprint density at radius 2 is 0.682 bits per heavy atom. The van der Waals surface area contributed by atoms with Crippen molar-refractivity contribution in [2.45, 2.75) is 227 Å². The molecule has 262 valence electrons. The van der Waals surface area contributed by atoms with E-state index in [0.29, 0.717) is 0 Å². The summed E-state index contributed by atoms with van der Waals surface area (Å²) in [6, 6.07) is 0. The van der Waals surface area contributed by atoms with Crippen LogP contribution in [0.25, 0.3) is 0 Å². The molecular formula is C39H76O5. The summed E-state index contributed by atoms with van der Waals surface area (Å²) in [7, 11) is 0. The average molecular weight is 625 g/mol. The van der Waals surface area contributed by atoms with Gasteiger partial charge in [-0.05, 0) is 24.7 Å². The summed E-state index contributed by atoms with van der Waals surface area (Å²) < 4.78 is 10.4. The number of carbonyl (C=O) groups is 2. The summed E-state index contributed by atoms with van der Waals surface area (Å²) in [4.78, 5) is 24.5. The lowest BCUT2D eigenvalue weighted by molar-refractivity contribution is -0.326. The third kappa shape index (κ3) is 30.9. The van der Waals surface area contributed by atoms with Gasteiger partial charge in [0.25, 0.3) is 0 Å². The van der Waals surface area contributed by atoms with E-state index >= 15 is 0 Å². The number of hydrogen-bond donors (Lipinski definition) is 1. The Balaban J connectivity index is 3.66. The van der Waals surface area contributed by atoms with Gasteiger partial charge in [0, 0.05) is 12.8 Å². The first kappa shape index (κ1) is 42.9. The van der Waals surface area contributed by atoms with Crippen LogP contribution in [0.5, 0.6) is 0 Å². The molecule has 0 amide bonds. The van der Waals surface area contributed by atoms with E-state index in [1.807, 2.05) is 0 Å². The van der Waals surface area contributed by atoms with Crippen molar-refractivity contribution in [2.75, 3.05) is 0 Å². The topological polar surface area (TPSA) is 72.8 Å². The van der Waals surface area contributed by atoms with Crippen LogP contribution in [-0.2, 0) is 19.1 Å². The number of carbonyl (C=O) groups excluding carboxylic acids is 2. The molecule has 5 nitrogen and oxygen atoms in total. The van der Waals surface area contributed by atoms with Crippen molar-refractivity contribution < 1.29 is 24.2 Å². The van der Waals surface area contributed by atoms with Gasteiger partial charge in [-0.15, -0.1) is 0 Å². The van der Waals surface area contributed by atoms with E-state index in [1.165, 1.54) is 128 Å². The van der Waals surface area contributed by atoms with Crippen molar-refractivity contribution >= 4 is 11.9 Å². The minimum Gasteiger partial charge on any atom is -0.398 e. The maximum atomic E-state index is 12.3. The summed E-state index contributed by atoms with van der Waals surface area (Å²) in [6.07, 6.45) is 32.9. The molecule has 0 aromatic carbocycles. The average Bonchev–Trinajstić information content (AvgIpc) is 2.97. The molecule has 0 rings (SSSR count). The van der Waals surface area contributed by atoms with E-state index in [0.717, 1.165) is 50.4 Å². The molecule has 44 heavy (non-hydrogen) atoms. The van der Waals surface area contributed by atoms with Gasteiger partial charge in [-0.3, -0.25) is 9.59 Å². The fraction of sp³-hybridized carbons (Fsp3) is 0.949. The van der Waals surface area contributed by atoms with Crippen LogP contribution < -0.4 is 0 Å². The normalized spacial score (nSPS) is 11.9. The summed E-state index contributed by atoms with van der Waals surface area (Å²) in [5, 5.41) is 10.5. The van der Waals surface area contributed by atoms with Crippen molar-refractivity contribution in [3.8, 4) is 0 Å². The van der Waals surface area contributed by atoms with E-state index in [1.54, 1.807) is 6.92 Å². The first-order valence-corrected chi connectivity index (χ1v) is 19.3. The van der Waals surface area contributed by atoms with Gasteiger partial charge in [0.1, 0.15) is 0 Å². The number of esters is 2. The highest BCUT2D eigenvalue weighted by molar-refractivity contribution is 5.71. The Morgan fingerprint density at radius 1 is 0.455 bits per heavy atom. The molecule has 0 aromatic heterocycles. The molecule has 0 spiro atoms. The number of hydrogen-bond acceptors (Lipinski definition) is 5. The van der Waals surface area contributed by atoms with E-state index in [-0.39, 0.29) is 19.3 Å². The van der Waals surface area contributed by atoms with Gasteiger partial charge in [0.15, 0.2) is 0 Å². The number of ether oxygens (including phenoxy) is 2. The first-order valence-electron chi connectivity index (χ1n) is 19.3. The fourth-order valence-corrected chi connectivity index (χ4v) is 5.80. The molecule has 0 aliphatic heterocycles. The molecule has 0 unspecified atom stereocenters. The molecular weight excluding hydrogens is 548 g/mol. The van der Waals surface area contributed by atoms with Crippen LogP contribution in [-0.4, -0.2) is 23.0 Å². The highest BCUT2D eigenvalue weighted by Gasteiger charge is 2.34.